The maximum atomic E-state index is 12.5. The van der Waals surface area contributed by atoms with Crippen molar-refractivity contribution >= 4 is 39.1 Å². The fourth-order valence-electron chi connectivity index (χ4n) is 2.66. The molecule has 3 rings (SSSR count). The molecule has 136 valence electrons. The van der Waals surface area contributed by atoms with Gasteiger partial charge in [-0.15, -0.1) is 11.3 Å². The third kappa shape index (κ3) is 3.36. The first-order chi connectivity index (χ1) is 12.6. The molecule has 0 aliphatic carbocycles. The third-order valence-corrected chi connectivity index (χ3v) is 4.82. The van der Waals surface area contributed by atoms with Crippen molar-refractivity contribution in [1.82, 2.24) is 4.57 Å². The van der Waals surface area contributed by atoms with Gasteiger partial charge in [0.25, 0.3) is 0 Å². The van der Waals surface area contributed by atoms with Crippen molar-refractivity contribution in [3.8, 4) is 11.5 Å². The fourth-order valence-corrected chi connectivity index (χ4v) is 3.56. The average Bonchev–Trinajstić information content (AvgIpc) is 3.23. The van der Waals surface area contributed by atoms with Gasteiger partial charge in [0.05, 0.1) is 21.3 Å². The van der Waals surface area contributed by atoms with Gasteiger partial charge < -0.3 is 24.1 Å². The Morgan fingerprint density at radius 1 is 1.08 bits per heavy atom. The van der Waals surface area contributed by atoms with E-state index < -0.39 is 5.97 Å². The van der Waals surface area contributed by atoms with E-state index >= 15 is 0 Å². The molecule has 0 aliphatic rings. The van der Waals surface area contributed by atoms with Crippen molar-refractivity contribution in [2.45, 2.75) is 6.54 Å². The zero-order valence-corrected chi connectivity index (χ0v) is 15.4. The maximum Gasteiger partial charge on any atom is 0.354 e. The monoisotopic (exact) mass is 374 g/mol. The lowest BCUT2D eigenvalue weighted by atomic mass is 10.2. The molecule has 0 aliphatic heterocycles. The highest BCUT2D eigenvalue weighted by Crippen LogP contribution is 2.30. The number of amides is 1. The quantitative estimate of drug-likeness (QED) is 0.671. The van der Waals surface area contributed by atoms with Gasteiger partial charge in [-0.2, -0.15) is 0 Å². The van der Waals surface area contributed by atoms with Crippen LogP contribution in [0.5, 0.6) is 11.5 Å². The normalized spacial score (nSPS) is 10.6. The summed E-state index contributed by atoms with van der Waals surface area (Å²) in [5, 5.41) is 5.61. The lowest BCUT2D eigenvalue weighted by Gasteiger charge is -2.12. The number of hydrogen-bond donors (Lipinski definition) is 1. The van der Waals surface area contributed by atoms with Crippen LogP contribution in [0.2, 0.25) is 0 Å². The van der Waals surface area contributed by atoms with Crippen molar-refractivity contribution in [3.05, 3.63) is 41.4 Å². The van der Waals surface area contributed by atoms with Gasteiger partial charge in [0, 0.05) is 17.1 Å². The van der Waals surface area contributed by atoms with Gasteiger partial charge >= 0.3 is 5.97 Å². The number of carbonyl (C=O) groups excluding carboxylic acids is 2. The van der Waals surface area contributed by atoms with Gasteiger partial charge in [-0.1, -0.05) is 0 Å². The van der Waals surface area contributed by atoms with E-state index in [4.69, 9.17) is 14.2 Å². The molecule has 1 aromatic carbocycles. The molecule has 0 fully saturated rings. The average molecular weight is 374 g/mol. The Balaban J connectivity index is 1.83. The molecular formula is C18H18N2O5S. The summed E-state index contributed by atoms with van der Waals surface area (Å²) in [5.41, 5.74) is 0.915. The molecule has 0 saturated heterocycles. The minimum atomic E-state index is -0.479. The predicted octanol–water partition coefficient (Wildman–Crippen LogP) is 3.15. The van der Waals surface area contributed by atoms with Crippen LogP contribution >= 0.6 is 11.3 Å². The molecule has 0 spiro atoms. The number of nitrogens with one attached hydrogen (secondary N) is 1. The van der Waals surface area contributed by atoms with Crippen LogP contribution in [0.3, 0.4) is 0 Å². The first-order valence-corrected chi connectivity index (χ1v) is 8.62. The highest BCUT2D eigenvalue weighted by atomic mass is 32.1. The van der Waals surface area contributed by atoms with Crippen LogP contribution < -0.4 is 14.8 Å². The summed E-state index contributed by atoms with van der Waals surface area (Å²) in [6.07, 6.45) is 0. The number of carbonyl (C=O) groups is 2. The highest BCUT2D eigenvalue weighted by Gasteiger charge is 2.19. The smallest absolute Gasteiger partial charge is 0.354 e. The molecule has 26 heavy (non-hydrogen) atoms. The molecular weight excluding hydrogens is 356 g/mol. The first kappa shape index (κ1) is 17.8. The minimum Gasteiger partial charge on any atom is -0.493 e. The number of fused-ring (bicyclic) bond motifs is 1. The number of thiophene rings is 1. The molecule has 0 saturated carbocycles. The van der Waals surface area contributed by atoms with Crippen LogP contribution in [0.4, 0.5) is 5.69 Å². The number of methoxy groups -OCH3 is 3. The van der Waals surface area contributed by atoms with Gasteiger partial charge in [0.15, 0.2) is 11.5 Å². The zero-order valence-electron chi connectivity index (χ0n) is 14.6. The number of rotatable bonds is 6. The largest absolute Gasteiger partial charge is 0.493 e. The second-order valence-electron chi connectivity index (χ2n) is 5.41. The van der Waals surface area contributed by atoms with Gasteiger partial charge in [0.2, 0.25) is 5.91 Å². The topological polar surface area (TPSA) is 78.8 Å². The molecule has 7 nitrogen and oxygen atoms in total. The van der Waals surface area contributed by atoms with Crippen molar-refractivity contribution in [1.29, 1.82) is 0 Å². The Morgan fingerprint density at radius 3 is 2.54 bits per heavy atom. The summed E-state index contributed by atoms with van der Waals surface area (Å²) in [6.45, 7) is -0.0111. The fraction of sp³-hybridized carbons (Fsp3) is 0.222. The summed E-state index contributed by atoms with van der Waals surface area (Å²) in [4.78, 5) is 25.3. The summed E-state index contributed by atoms with van der Waals surface area (Å²) in [5.74, 6) is 0.340. The van der Waals surface area contributed by atoms with Crippen LogP contribution in [0.1, 0.15) is 10.5 Å². The number of anilines is 1. The van der Waals surface area contributed by atoms with Gasteiger partial charge in [-0.3, -0.25) is 4.79 Å². The number of esters is 1. The number of hydrogen-bond acceptors (Lipinski definition) is 6. The maximum absolute atomic E-state index is 12.5. The lowest BCUT2D eigenvalue weighted by Crippen LogP contribution is -2.21. The van der Waals surface area contributed by atoms with Crippen LogP contribution in [0.15, 0.2) is 35.7 Å². The molecule has 3 aromatic rings. The van der Waals surface area contributed by atoms with E-state index in [-0.39, 0.29) is 12.5 Å². The highest BCUT2D eigenvalue weighted by molar-refractivity contribution is 7.16. The van der Waals surface area contributed by atoms with Crippen molar-refractivity contribution in [2.24, 2.45) is 0 Å². The summed E-state index contributed by atoms with van der Waals surface area (Å²) < 4.78 is 16.9. The SMILES string of the molecule is COC(=O)c1cc2ccsc2n1CC(=O)Nc1ccc(OC)c(OC)c1. The van der Waals surface area contributed by atoms with Crippen molar-refractivity contribution in [2.75, 3.05) is 26.6 Å². The van der Waals surface area contributed by atoms with E-state index in [0.717, 1.165) is 10.2 Å². The molecule has 0 atom stereocenters. The summed E-state index contributed by atoms with van der Waals surface area (Å²) in [7, 11) is 4.39. The molecule has 8 heteroatoms. The second kappa shape index (κ2) is 7.49. The van der Waals surface area contributed by atoms with Crippen molar-refractivity contribution < 1.29 is 23.8 Å². The standard InChI is InChI=1S/C18H18N2O5S/c1-23-14-5-4-12(9-15(14)24-2)19-16(21)10-20-13(18(22)25-3)8-11-6-7-26-17(11)20/h4-9H,10H2,1-3H3,(H,19,21). The van der Waals surface area contributed by atoms with Gasteiger partial charge in [0.1, 0.15) is 17.1 Å². The molecule has 1 amide bonds. The molecule has 0 unspecified atom stereocenters. The van der Waals surface area contributed by atoms with E-state index in [1.807, 2.05) is 11.4 Å². The van der Waals surface area contributed by atoms with Crippen LogP contribution in [-0.4, -0.2) is 37.8 Å². The molecule has 1 N–H and O–H groups in total. The zero-order chi connectivity index (χ0) is 18.7. The molecule has 2 heterocycles. The number of benzene rings is 1. The van der Waals surface area contributed by atoms with E-state index in [2.05, 4.69) is 5.32 Å². The number of aromatic nitrogens is 1. The predicted molar refractivity (Wildman–Crippen MR) is 99.3 cm³/mol. The summed E-state index contributed by atoms with van der Waals surface area (Å²) in [6, 6.07) is 8.73. The number of nitrogens with zero attached hydrogens (tertiary/aromatic N) is 1. The van der Waals surface area contributed by atoms with E-state index in [0.29, 0.717) is 22.9 Å². The third-order valence-electron chi connectivity index (χ3n) is 3.87. The van der Waals surface area contributed by atoms with Crippen LogP contribution in [-0.2, 0) is 16.1 Å². The Hall–Kier alpha value is -3.00. The molecule has 0 radical (unpaired) electrons. The van der Waals surface area contributed by atoms with Gasteiger partial charge in [-0.05, 0) is 29.6 Å². The number of ether oxygens (including phenoxy) is 3. The van der Waals surface area contributed by atoms with E-state index in [1.165, 1.54) is 25.6 Å². The van der Waals surface area contributed by atoms with Gasteiger partial charge in [-0.25, -0.2) is 4.79 Å². The minimum absolute atomic E-state index is 0.0111. The Labute approximate surface area is 154 Å². The Bertz CT molecular complexity index is 960. The Kier molecular flexibility index (Phi) is 5.13. The van der Waals surface area contributed by atoms with Crippen LogP contribution in [0.25, 0.3) is 10.2 Å². The summed E-state index contributed by atoms with van der Waals surface area (Å²) >= 11 is 1.46. The molecule has 0 bridgehead atoms. The van der Waals surface area contributed by atoms with E-state index in [9.17, 15) is 9.59 Å². The Morgan fingerprint density at radius 2 is 1.85 bits per heavy atom. The first-order valence-electron chi connectivity index (χ1n) is 7.74. The van der Waals surface area contributed by atoms with Crippen molar-refractivity contribution in [3.63, 3.8) is 0 Å². The second-order valence-corrected chi connectivity index (χ2v) is 6.30. The molecule has 2 aromatic heterocycles. The van der Waals surface area contributed by atoms with E-state index in [1.54, 1.807) is 35.9 Å². The van der Waals surface area contributed by atoms with Crippen LogP contribution in [0, 0.1) is 0 Å². The lowest BCUT2D eigenvalue weighted by molar-refractivity contribution is -0.116.